The van der Waals surface area contributed by atoms with E-state index >= 15 is 0 Å². The summed E-state index contributed by atoms with van der Waals surface area (Å²) in [5.41, 5.74) is 3.92. The molecule has 0 radical (unpaired) electrons. The van der Waals surface area contributed by atoms with Crippen molar-refractivity contribution in [2.45, 2.75) is 39.2 Å². The number of hydrogen-bond acceptors (Lipinski definition) is 3. The van der Waals surface area contributed by atoms with Gasteiger partial charge in [0.05, 0.1) is 0 Å². The first kappa shape index (κ1) is 16.1. The van der Waals surface area contributed by atoms with Crippen LogP contribution >= 0.6 is 0 Å². The van der Waals surface area contributed by atoms with Gasteiger partial charge in [0, 0.05) is 36.7 Å². The first-order valence-electron chi connectivity index (χ1n) is 9.26. The SMILES string of the molecule is CC1CCN(c2ccnc(C(=O)N3c4ccccc4CC3C)c2)CC1. The van der Waals surface area contributed by atoms with Crippen molar-refractivity contribution in [2.75, 3.05) is 22.9 Å². The predicted octanol–water partition coefficient (Wildman–Crippen LogP) is 3.91. The lowest BCUT2D eigenvalue weighted by Gasteiger charge is -2.32. The van der Waals surface area contributed by atoms with Crippen LogP contribution < -0.4 is 9.80 Å². The normalized spacial score (nSPS) is 20.6. The molecule has 0 aliphatic carbocycles. The Morgan fingerprint density at radius 3 is 2.68 bits per heavy atom. The number of fused-ring (bicyclic) bond motifs is 1. The Balaban J connectivity index is 1.60. The van der Waals surface area contributed by atoms with Gasteiger partial charge in [-0.2, -0.15) is 0 Å². The number of benzene rings is 1. The number of para-hydroxylation sites is 1. The number of rotatable bonds is 2. The Hall–Kier alpha value is -2.36. The maximum absolute atomic E-state index is 13.2. The van der Waals surface area contributed by atoms with Crippen molar-refractivity contribution in [3.8, 4) is 0 Å². The molecule has 1 amide bonds. The minimum Gasteiger partial charge on any atom is -0.371 e. The summed E-state index contributed by atoms with van der Waals surface area (Å²) in [4.78, 5) is 21.8. The fourth-order valence-electron chi connectivity index (χ4n) is 4.00. The van der Waals surface area contributed by atoms with Crippen LogP contribution in [0.1, 0.15) is 42.7 Å². The van der Waals surface area contributed by atoms with Gasteiger partial charge >= 0.3 is 0 Å². The molecule has 4 nitrogen and oxygen atoms in total. The van der Waals surface area contributed by atoms with Crippen molar-refractivity contribution in [2.24, 2.45) is 5.92 Å². The van der Waals surface area contributed by atoms with Gasteiger partial charge in [0.2, 0.25) is 0 Å². The second-order valence-corrected chi connectivity index (χ2v) is 7.43. The van der Waals surface area contributed by atoms with Crippen LogP contribution in [-0.2, 0) is 6.42 Å². The molecule has 2 aliphatic rings. The highest BCUT2D eigenvalue weighted by Crippen LogP contribution is 2.33. The van der Waals surface area contributed by atoms with Gasteiger partial charge in [0.25, 0.3) is 5.91 Å². The number of carbonyl (C=O) groups excluding carboxylic acids is 1. The Morgan fingerprint density at radius 1 is 1.12 bits per heavy atom. The molecule has 4 rings (SSSR count). The molecule has 2 aliphatic heterocycles. The summed E-state index contributed by atoms with van der Waals surface area (Å²) in [7, 11) is 0. The summed E-state index contributed by atoms with van der Waals surface area (Å²) in [5.74, 6) is 0.797. The monoisotopic (exact) mass is 335 g/mol. The summed E-state index contributed by atoms with van der Waals surface area (Å²) in [6.07, 6.45) is 5.10. The van der Waals surface area contributed by atoms with Crippen LogP contribution in [0, 0.1) is 5.92 Å². The van der Waals surface area contributed by atoms with Crippen molar-refractivity contribution in [1.82, 2.24) is 4.98 Å². The van der Waals surface area contributed by atoms with E-state index in [0.717, 1.165) is 36.8 Å². The van der Waals surface area contributed by atoms with Crippen molar-refractivity contribution in [3.05, 3.63) is 53.9 Å². The summed E-state index contributed by atoms with van der Waals surface area (Å²) in [5, 5.41) is 0. The number of pyridine rings is 1. The zero-order valence-corrected chi connectivity index (χ0v) is 15.0. The van der Waals surface area contributed by atoms with E-state index in [9.17, 15) is 4.79 Å². The zero-order valence-electron chi connectivity index (χ0n) is 15.0. The van der Waals surface area contributed by atoms with Gasteiger partial charge in [-0.15, -0.1) is 0 Å². The molecule has 1 aromatic carbocycles. The van der Waals surface area contributed by atoms with E-state index in [1.54, 1.807) is 6.20 Å². The summed E-state index contributed by atoms with van der Waals surface area (Å²) in [6, 6.07) is 12.3. The molecular formula is C21H25N3O. The predicted molar refractivity (Wildman–Crippen MR) is 101 cm³/mol. The highest BCUT2D eigenvalue weighted by atomic mass is 16.2. The van der Waals surface area contributed by atoms with E-state index in [1.807, 2.05) is 35.2 Å². The largest absolute Gasteiger partial charge is 0.371 e. The molecule has 130 valence electrons. The van der Waals surface area contributed by atoms with E-state index in [2.05, 4.69) is 29.8 Å². The van der Waals surface area contributed by atoms with Crippen LogP contribution in [0.5, 0.6) is 0 Å². The molecule has 0 N–H and O–H groups in total. The highest BCUT2D eigenvalue weighted by molar-refractivity contribution is 6.07. The van der Waals surface area contributed by atoms with Crippen molar-refractivity contribution in [3.63, 3.8) is 0 Å². The summed E-state index contributed by atoms with van der Waals surface area (Å²) < 4.78 is 0. The number of amides is 1. The molecule has 1 aromatic heterocycles. The Morgan fingerprint density at radius 2 is 1.88 bits per heavy atom. The van der Waals surface area contributed by atoms with Crippen LogP contribution in [0.4, 0.5) is 11.4 Å². The lowest BCUT2D eigenvalue weighted by Crippen LogP contribution is -2.37. The summed E-state index contributed by atoms with van der Waals surface area (Å²) in [6.45, 7) is 6.53. The maximum atomic E-state index is 13.2. The number of piperidine rings is 1. The molecule has 25 heavy (non-hydrogen) atoms. The van der Waals surface area contributed by atoms with Crippen molar-refractivity contribution < 1.29 is 4.79 Å². The second kappa shape index (κ2) is 6.51. The molecule has 0 spiro atoms. The van der Waals surface area contributed by atoms with Gasteiger partial charge in [-0.1, -0.05) is 25.1 Å². The molecule has 4 heteroatoms. The molecule has 1 saturated heterocycles. The van der Waals surface area contributed by atoms with E-state index in [4.69, 9.17) is 0 Å². The molecular weight excluding hydrogens is 310 g/mol. The average Bonchev–Trinajstić information content (AvgIpc) is 2.97. The third-order valence-corrected chi connectivity index (χ3v) is 5.54. The third-order valence-electron chi connectivity index (χ3n) is 5.54. The smallest absolute Gasteiger partial charge is 0.277 e. The van der Waals surface area contributed by atoms with E-state index < -0.39 is 0 Å². The van der Waals surface area contributed by atoms with Crippen molar-refractivity contribution in [1.29, 1.82) is 0 Å². The summed E-state index contributed by atoms with van der Waals surface area (Å²) >= 11 is 0. The molecule has 2 aromatic rings. The van der Waals surface area contributed by atoms with Gasteiger partial charge in [-0.25, -0.2) is 0 Å². The number of aromatic nitrogens is 1. The Labute approximate surface area is 149 Å². The number of nitrogens with zero attached hydrogens (tertiary/aromatic N) is 3. The lowest BCUT2D eigenvalue weighted by atomic mass is 9.99. The van der Waals surface area contributed by atoms with E-state index in [1.165, 1.54) is 18.4 Å². The van der Waals surface area contributed by atoms with Gasteiger partial charge < -0.3 is 9.80 Å². The quantitative estimate of drug-likeness (QED) is 0.835. The molecule has 1 unspecified atom stereocenters. The second-order valence-electron chi connectivity index (χ2n) is 7.43. The van der Waals surface area contributed by atoms with E-state index in [-0.39, 0.29) is 11.9 Å². The number of hydrogen-bond donors (Lipinski definition) is 0. The van der Waals surface area contributed by atoms with Crippen LogP contribution in [0.15, 0.2) is 42.6 Å². The molecule has 3 heterocycles. The minimum absolute atomic E-state index is 0.00433. The van der Waals surface area contributed by atoms with Gasteiger partial charge in [0.1, 0.15) is 5.69 Å². The van der Waals surface area contributed by atoms with Crippen molar-refractivity contribution >= 4 is 17.3 Å². The number of carbonyl (C=O) groups is 1. The van der Waals surface area contributed by atoms with Crippen LogP contribution in [-0.4, -0.2) is 30.0 Å². The van der Waals surface area contributed by atoms with Gasteiger partial charge in [0.15, 0.2) is 0 Å². The van der Waals surface area contributed by atoms with Crippen LogP contribution in [0.3, 0.4) is 0 Å². The maximum Gasteiger partial charge on any atom is 0.277 e. The topological polar surface area (TPSA) is 36.4 Å². The lowest BCUT2D eigenvalue weighted by molar-refractivity contribution is 0.0976. The molecule has 1 fully saturated rings. The fourth-order valence-corrected chi connectivity index (χ4v) is 4.00. The van der Waals surface area contributed by atoms with Crippen LogP contribution in [0.25, 0.3) is 0 Å². The first-order valence-corrected chi connectivity index (χ1v) is 9.26. The zero-order chi connectivity index (χ0) is 17.4. The van der Waals surface area contributed by atoms with Crippen LogP contribution in [0.2, 0.25) is 0 Å². The van der Waals surface area contributed by atoms with Gasteiger partial charge in [-0.05, 0) is 55.9 Å². The molecule has 1 atom stereocenters. The molecule has 0 bridgehead atoms. The minimum atomic E-state index is 0.00433. The number of anilines is 2. The Bertz CT molecular complexity index is 780. The third kappa shape index (κ3) is 3.01. The highest BCUT2D eigenvalue weighted by Gasteiger charge is 2.32. The van der Waals surface area contributed by atoms with E-state index in [0.29, 0.717) is 5.69 Å². The first-order chi connectivity index (χ1) is 12.1. The Kier molecular flexibility index (Phi) is 4.20. The molecule has 0 saturated carbocycles. The standard InChI is InChI=1S/C21H25N3O/c1-15-8-11-23(12-9-15)18-7-10-22-19(14-18)21(25)24-16(2)13-17-5-3-4-6-20(17)24/h3-7,10,14-16H,8-9,11-13H2,1-2H3. The average molecular weight is 335 g/mol. The van der Waals surface area contributed by atoms with Gasteiger partial charge in [-0.3, -0.25) is 9.78 Å². The fraction of sp³-hybridized carbons (Fsp3) is 0.429.